The van der Waals surface area contributed by atoms with Gasteiger partial charge in [-0.05, 0) is 29.8 Å². The van der Waals surface area contributed by atoms with Crippen molar-refractivity contribution in [1.29, 1.82) is 5.26 Å². The summed E-state index contributed by atoms with van der Waals surface area (Å²) in [7, 11) is 0. The van der Waals surface area contributed by atoms with E-state index >= 15 is 0 Å². The number of rotatable bonds is 3. The summed E-state index contributed by atoms with van der Waals surface area (Å²) in [6.07, 6.45) is 0. The molecule has 20 heavy (non-hydrogen) atoms. The average Bonchev–Trinajstić information content (AvgIpc) is 2.41. The van der Waals surface area contributed by atoms with Crippen molar-refractivity contribution in [2.45, 2.75) is 5.92 Å². The molecule has 2 nitrogen and oxygen atoms in total. The second-order valence-electron chi connectivity index (χ2n) is 4.10. The van der Waals surface area contributed by atoms with E-state index in [1.165, 1.54) is 0 Å². The predicted octanol–water partition coefficient (Wildman–Crippen LogP) is 4.22. The van der Waals surface area contributed by atoms with E-state index < -0.39 is 23.3 Å². The maximum atomic E-state index is 13.6. The molecule has 2 aromatic carbocycles. The Labute approximate surface area is 122 Å². The van der Waals surface area contributed by atoms with Crippen LogP contribution in [0, 0.1) is 23.0 Å². The number of hydrogen-bond donors (Lipinski definition) is 0. The number of ketones is 1. The smallest absolute Gasteiger partial charge is 0.187 e. The molecule has 0 radical (unpaired) electrons. The van der Waals surface area contributed by atoms with Crippen LogP contribution in [0.3, 0.4) is 0 Å². The minimum atomic E-state index is -1.12. The first-order valence-corrected chi connectivity index (χ1v) is 6.46. The van der Waals surface area contributed by atoms with E-state index in [0.29, 0.717) is 11.6 Å². The third kappa shape index (κ3) is 2.91. The third-order valence-electron chi connectivity index (χ3n) is 2.79. The predicted molar refractivity (Wildman–Crippen MR) is 73.2 cm³/mol. The van der Waals surface area contributed by atoms with Gasteiger partial charge in [0.15, 0.2) is 5.78 Å². The van der Waals surface area contributed by atoms with Gasteiger partial charge in [-0.3, -0.25) is 4.79 Å². The molecule has 0 spiro atoms. The highest BCUT2D eigenvalue weighted by Crippen LogP contribution is 2.24. The zero-order chi connectivity index (χ0) is 14.7. The molecule has 2 rings (SSSR count). The number of Topliss-reactive ketones (excluding diaryl/α,β-unsaturated/α-hetero) is 1. The number of carbonyl (C=O) groups excluding carboxylic acids is 1. The molecule has 1 atom stereocenters. The van der Waals surface area contributed by atoms with Crippen molar-refractivity contribution in [3.8, 4) is 6.07 Å². The van der Waals surface area contributed by atoms with Gasteiger partial charge in [-0.1, -0.05) is 28.1 Å². The van der Waals surface area contributed by atoms with Crippen molar-refractivity contribution in [3.63, 3.8) is 0 Å². The van der Waals surface area contributed by atoms with Gasteiger partial charge in [-0.25, -0.2) is 8.78 Å². The van der Waals surface area contributed by atoms with E-state index in [-0.39, 0.29) is 5.56 Å². The Bertz CT molecular complexity index is 692. The quantitative estimate of drug-likeness (QED) is 0.788. The monoisotopic (exact) mass is 335 g/mol. The van der Waals surface area contributed by atoms with Crippen molar-refractivity contribution in [3.05, 3.63) is 69.7 Å². The van der Waals surface area contributed by atoms with Gasteiger partial charge in [0.2, 0.25) is 0 Å². The summed E-state index contributed by atoms with van der Waals surface area (Å²) in [5, 5.41) is 9.15. The molecule has 0 bridgehead atoms. The number of carbonyl (C=O) groups is 1. The minimum absolute atomic E-state index is 0.291. The van der Waals surface area contributed by atoms with Crippen LogP contribution in [0.1, 0.15) is 21.8 Å². The highest BCUT2D eigenvalue weighted by molar-refractivity contribution is 9.10. The molecule has 100 valence electrons. The Morgan fingerprint density at radius 1 is 1.15 bits per heavy atom. The van der Waals surface area contributed by atoms with Crippen LogP contribution >= 0.6 is 15.9 Å². The zero-order valence-corrected chi connectivity index (χ0v) is 11.7. The average molecular weight is 336 g/mol. The third-order valence-corrected chi connectivity index (χ3v) is 3.32. The van der Waals surface area contributed by atoms with Crippen LogP contribution in [0.4, 0.5) is 8.78 Å². The van der Waals surface area contributed by atoms with Crippen LogP contribution in [0.25, 0.3) is 0 Å². The summed E-state index contributed by atoms with van der Waals surface area (Å²) in [5.74, 6) is -3.54. The van der Waals surface area contributed by atoms with Crippen LogP contribution in [0.2, 0.25) is 0 Å². The Kier molecular flexibility index (Phi) is 4.26. The van der Waals surface area contributed by atoms with Crippen LogP contribution in [0.15, 0.2) is 46.9 Å². The zero-order valence-electron chi connectivity index (χ0n) is 10.1. The highest BCUT2D eigenvalue weighted by atomic mass is 79.9. The largest absolute Gasteiger partial charge is 0.292 e. The van der Waals surface area contributed by atoms with Gasteiger partial charge < -0.3 is 0 Å². The molecule has 5 heteroatoms. The molecule has 0 heterocycles. The van der Waals surface area contributed by atoms with Gasteiger partial charge in [-0.2, -0.15) is 5.26 Å². The van der Waals surface area contributed by atoms with Gasteiger partial charge in [0.25, 0.3) is 0 Å². The van der Waals surface area contributed by atoms with Crippen molar-refractivity contribution in [1.82, 2.24) is 0 Å². The number of nitriles is 1. The first kappa shape index (κ1) is 14.4. The number of hydrogen-bond acceptors (Lipinski definition) is 2. The fraction of sp³-hybridized carbons (Fsp3) is 0.0667. The van der Waals surface area contributed by atoms with E-state index in [1.54, 1.807) is 24.3 Å². The van der Waals surface area contributed by atoms with Crippen LogP contribution in [0.5, 0.6) is 0 Å². The Balaban J connectivity index is 2.39. The summed E-state index contributed by atoms with van der Waals surface area (Å²) < 4.78 is 27.2. The topological polar surface area (TPSA) is 40.9 Å². The van der Waals surface area contributed by atoms with Gasteiger partial charge in [0, 0.05) is 10.5 Å². The summed E-state index contributed by atoms with van der Waals surface area (Å²) in [6.45, 7) is 0. The molecule has 0 aromatic heterocycles. The van der Waals surface area contributed by atoms with Gasteiger partial charge >= 0.3 is 0 Å². The molecule has 0 N–H and O–H groups in total. The summed E-state index contributed by atoms with van der Waals surface area (Å²) in [4.78, 5) is 12.2. The molecule has 1 unspecified atom stereocenters. The molecule has 0 saturated heterocycles. The Hall–Kier alpha value is -2.06. The van der Waals surface area contributed by atoms with Crippen molar-refractivity contribution in [2.75, 3.05) is 0 Å². The lowest BCUT2D eigenvalue weighted by Gasteiger charge is -2.09. The Morgan fingerprint density at radius 3 is 2.35 bits per heavy atom. The van der Waals surface area contributed by atoms with Crippen LogP contribution in [-0.2, 0) is 0 Å². The summed E-state index contributed by atoms with van der Waals surface area (Å²) in [6, 6.07) is 11.1. The van der Waals surface area contributed by atoms with E-state index in [9.17, 15) is 13.6 Å². The Morgan fingerprint density at radius 2 is 1.80 bits per heavy atom. The van der Waals surface area contributed by atoms with E-state index in [4.69, 9.17) is 5.26 Å². The highest BCUT2D eigenvalue weighted by Gasteiger charge is 2.24. The van der Waals surface area contributed by atoms with E-state index in [2.05, 4.69) is 15.9 Å². The van der Waals surface area contributed by atoms with Gasteiger partial charge in [0.1, 0.15) is 17.6 Å². The lowest BCUT2D eigenvalue weighted by molar-refractivity contribution is 0.0975. The van der Waals surface area contributed by atoms with E-state index in [0.717, 1.165) is 16.6 Å². The van der Waals surface area contributed by atoms with Crippen molar-refractivity contribution in [2.24, 2.45) is 0 Å². The number of nitrogens with zero attached hydrogens (tertiary/aromatic N) is 1. The van der Waals surface area contributed by atoms with Crippen LogP contribution < -0.4 is 0 Å². The molecule has 0 saturated carbocycles. The molecule has 0 aliphatic carbocycles. The molecule has 0 aliphatic rings. The summed E-state index contributed by atoms with van der Waals surface area (Å²) >= 11 is 3.25. The van der Waals surface area contributed by atoms with Gasteiger partial charge in [-0.15, -0.1) is 0 Å². The SMILES string of the molecule is N#CC(C(=O)c1ccc(F)cc1F)c1ccc(Br)cc1. The summed E-state index contributed by atoms with van der Waals surface area (Å²) in [5.41, 5.74) is 0.172. The second-order valence-corrected chi connectivity index (χ2v) is 5.02. The number of benzene rings is 2. The molecule has 0 aliphatic heterocycles. The minimum Gasteiger partial charge on any atom is -0.292 e. The molecule has 0 fully saturated rings. The standard InChI is InChI=1S/C15H8BrF2NO/c16-10-3-1-9(2-4-10)13(8-19)15(20)12-6-5-11(17)7-14(12)18/h1-7,13H. The lowest BCUT2D eigenvalue weighted by Crippen LogP contribution is -2.13. The van der Waals surface area contributed by atoms with Crippen molar-refractivity contribution >= 4 is 21.7 Å². The molecule has 2 aromatic rings. The number of halogens is 3. The first-order valence-electron chi connectivity index (χ1n) is 5.67. The fourth-order valence-corrected chi connectivity index (χ4v) is 2.05. The van der Waals surface area contributed by atoms with Crippen LogP contribution in [-0.4, -0.2) is 5.78 Å². The maximum absolute atomic E-state index is 13.6. The first-order chi connectivity index (χ1) is 9.52. The lowest BCUT2D eigenvalue weighted by atomic mass is 9.91. The fourth-order valence-electron chi connectivity index (χ4n) is 1.78. The van der Waals surface area contributed by atoms with Gasteiger partial charge in [0.05, 0.1) is 11.6 Å². The molecular weight excluding hydrogens is 328 g/mol. The van der Waals surface area contributed by atoms with E-state index in [1.807, 2.05) is 6.07 Å². The maximum Gasteiger partial charge on any atom is 0.187 e. The normalized spacial score (nSPS) is 11.7. The second kappa shape index (κ2) is 5.93. The molecular formula is C15H8BrF2NO. The molecule has 0 amide bonds. The van der Waals surface area contributed by atoms with Crippen molar-refractivity contribution < 1.29 is 13.6 Å².